The number of benzene rings is 3. The number of hydrogen-bond acceptors (Lipinski definition) is 7. The molecule has 3 aromatic rings. The number of fused-ring (bicyclic) bond motifs is 8. The number of ether oxygens (including phenoxy) is 2. The Hall–Kier alpha value is -3.71. The van der Waals surface area contributed by atoms with Crippen LogP contribution < -0.4 is 4.74 Å². The molecule has 7 heteroatoms. The van der Waals surface area contributed by atoms with E-state index < -0.39 is 23.6 Å². The number of hydrogen-bond donors (Lipinski definition) is 4. The van der Waals surface area contributed by atoms with Gasteiger partial charge in [-0.25, -0.2) is 0 Å². The molecule has 2 heterocycles. The van der Waals surface area contributed by atoms with E-state index in [4.69, 9.17) is 9.47 Å². The molecule has 0 amide bonds. The van der Waals surface area contributed by atoms with Crippen LogP contribution in [0.3, 0.4) is 0 Å². The van der Waals surface area contributed by atoms with Gasteiger partial charge in [-0.2, -0.15) is 0 Å². The van der Waals surface area contributed by atoms with Gasteiger partial charge in [-0.1, -0.05) is 19.9 Å². The second kappa shape index (κ2) is 6.20. The first-order valence-electron chi connectivity index (χ1n) is 10.7. The molecule has 7 nitrogen and oxygen atoms in total. The van der Waals surface area contributed by atoms with Gasteiger partial charge in [0.05, 0.1) is 11.1 Å². The van der Waals surface area contributed by atoms with Gasteiger partial charge in [0.25, 0.3) is 0 Å². The Morgan fingerprint density at radius 2 is 1.61 bits per heavy atom. The third-order valence-electron chi connectivity index (χ3n) is 7.12. The number of aryl methyl sites for hydroxylation is 1. The van der Waals surface area contributed by atoms with Crippen LogP contribution in [0.5, 0.6) is 28.7 Å². The molecular formula is C26H22O7. The minimum absolute atomic E-state index is 0.0728. The van der Waals surface area contributed by atoms with Crippen LogP contribution in [0.1, 0.15) is 69.3 Å². The molecule has 0 spiro atoms. The third kappa shape index (κ3) is 2.51. The number of phenols is 4. The molecule has 2 atom stereocenters. The maximum absolute atomic E-state index is 13.6. The molecule has 1 aliphatic carbocycles. The Labute approximate surface area is 189 Å². The molecule has 2 bridgehead atoms. The lowest BCUT2D eigenvalue weighted by Gasteiger charge is -2.41. The molecular weight excluding hydrogens is 424 g/mol. The van der Waals surface area contributed by atoms with Crippen molar-refractivity contribution >= 4 is 5.78 Å². The number of aromatic hydroxyl groups is 4. The van der Waals surface area contributed by atoms with E-state index in [1.165, 1.54) is 12.1 Å². The molecule has 6 rings (SSSR count). The normalized spacial score (nSPS) is 21.4. The van der Waals surface area contributed by atoms with Crippen LogP contribution in [0.25, 0.3) is 0 Å². The summed E-state index contributed by atoms with van der Waals surface area (Å²) in [7, 11) is 0. The van der Waals surface area contributed by atoms with Crippen LogP contribution in [0, 0.1) is 6.92 Å². The molecule has 168 valence electrons. The van der Waals surface area contributed by atoms with Crippen LogP contribution in [-0.4, -0.2) is 32.5 Å². The zero-order chi connectivity index (χ0) is 23.4. The van der Waals surface area contributed by atoms with Crippen molar-refractivity contribution in [3.8, 4) is 28.7 Å². The summed E-state index contributed by atoms with van der Waals surface area (Å²) in [6.45, 7) is 5.60. The average Bonchev–Trinajstić information content (AvgIpc) is 2.70. The molecule has 0 saturated carbocycles. The summed E-state index contributed by atoms with van der Waals surface area (Å²) in [4.78, 5) is 13.6. The Balaban J connectivity index is 1.64. The van der Waals surface area contributed by atoms with E-state index in [-0.39, 0.29) is 34.1 Å². The van der Waals surface area contributed by atoms with Crippen molar-refractivity contribution in [3.05, 3.63) is 74.8 Å². The summed E-state index contributed by atoms with van der Waals surface area (Å²) in [5.41, 5.74) is 3.27. The van der Waals surface area contributed by atoms with E-state index in [0.717, 1.165) is 17.2 Å². The van der Waals surface area contributed by atoms with Crippen molar-refractivity contribution in [2.24, 2.45) is 0 Å². The summed E-state index contributed by atoms with van der Waals surface area (Å²) < 4.78 is 12.1. The molecule has 0 saturated heterocycles. The van der Waals surface area contributed by atoms with Gasteiger partial charge in [0.2, 0.25) is 12.1 Å². The van der Waals surface area contributed by atoms with Gasteiger partial charge >= 0.3 is 0 Å². The highest BCUT2D eigenvalue weighted by atomic mass is 16.7. The fourth-order valence-electron chi connectivity index (χ4n) is 5.59. The van der Waals surface area contributed by atoms with E-state index in [0.29, 0.717) is 34.4 Å². The van der Waals surface area contributed by atoms with E-state index in [2.05, 4.69) is 0 Å². The van der Waals surface area contributed by atoms with E-state index in [9.17, 15) is 25.2 Å². The Morgan fingerprint density at radius 1 is 0.909 bits per heavy atom. The number of ketones is 1. The van der Waals surface area contributed by atoms with Crippen LogP contribution in [0.4, 0.5) is 0 Å². The minimum Gasteiger partial charge on any atom is -0.508 e. The summed E-state index contributed by atoms with van der Waals surface area (Å²) in [5, 5.41) is 42.1. The molecule has 0 radical (unpaired) electrons. The number of carbonyl (C=O) groups is 1. The maximum atomic E-state index is 13.6. The van der Waals surface area contributed by atoms with E-state index in [1.54, 1.807) is 6.07 Å². The van der Waals surface area contributed by atoms with Crippen molar-refractivity contribution in [3.63, 3.8) is 0 Å². The third-order valence-corrected chi connectivity index (χ3v) is 7.12. The quantitative estimate of drug-likeness (QED) is 0.411. The van der Waals surface area contributed by atoms with Gasteiger partial charge in [-0.05, 0) is 41.3 Å². The summed E-state index contributed by atoms with van der Waals surface area (Å²) in [6.07, 6.45) is -0.918. The number of phenolic OH excluding ortho intramolecular Hbond substituents is 4. The zero-order valence-corrected chi connectivity index (χ0v) is 18.3. The smallest absolute Gasteiger partial charge is 0.204 e. The standard InChI is InChI=1S/C26H22O7/c1-10-4-12(27)9-17-19(10)25-20-11(6-18(32-17)33-25)5-14-22(23(20)30)24(31)21-15(26(14,2)3)7-13(28)8-16(21)29/h4-5,7-9,18,25,27-30H,6H2,1-3H3/t18-,25+/m0/s1. The van der Waals surface area contributed by atoms with Gasteiger partial charge in [-0.15, -0.1) is 0 Å². The Morgan fingerprint density at radius 3 is 2.36 bits per heavy atom. The Bertz CT molecular complexity index is 1400. The lowest BCUT2D eigenvalue weighted by molar-refractivity contribution is -0.136. The second-order valence-corrected chi connectivity index (χ2v) is 9.50. The lowest BCUT2D eigenvalue weighted by Crippen LogP contribution is -2.38. The molecule has 0 aromatic heterocycles. The molecule has 3 aliphatic rings. The molecule has 0 unspecified atom stereocenters. The summed E-state index contributed by atoms with van der Waals surface area (Å²) in [6, 6.07) is 7.65. The molecule has 0 fully saturated rings. The second-order valence-electron chi connectivity index (χ2n) is 9.50. The molecule has 4 N–H and O–H groups in total. The summed E-state index contributed by atoms with van der Waals surface area (Å²) >= 11 is 0. The first kappa shape index (κ1) is 19.9. The van der Waals surface area contributed by atoms with Crippen molar-refractivity contribution in [2.45, 2.75) is 45.0 Å². The number of carbonyl (C=O) groups excluding carboxylic acids is 1. The van der Waals surface area contributed by atoms with Gasteiger partial charge in [0, 0.05) is 35.1 Å². The maximum Gasteiger partial charge on any atom is 0.204 e. The van der Waals surface area contributed by atoms with Crippen molar-refractivity contribution in [2.75, 3.05) is 0 Å². The van der Waals surface area contributed by atoms with Crippen molar-refractivity contribution < 1.29 is 34.7 Å². The van der Waals surface area contributed by atoms with Crippen LogP contribution in [0.15, 0.2) is 30.3 Å². The van der Waals surface area contributed by atoms with Crippen molar-refractivity contribution in [1.29, 1.82) is 0 Å². The SMILES string of the molecule is Cc1cc(O)cc2c1[C@H]1O[C@@H](Cc3cc4c(c(O)c31)C(=O)c1c(O)cc(O)cc1C4(C)C)O2. The monoisotopic (exact) mass is 446 g/mol. The molecule has 3 aromatic carbocycles. The molecule has 33 heavy (non-hydrogen) atoms. The fourth-order valence-corrected chi connectivity index (χ4v) is 5.59. The predicted octanol–water partition coefficient (Wildman–Crippen LogP) is 4.07. The van der Waals surface area contributed by atoms with Gasteiger partial charge < -0.3 is 29.9 Å². The summed E-state index contributed by atoms with van der Waals surface area (Å²) in [5.74, 6) is -0.583. The fraction of sp³-hybridized carbons (Fsp3) is 0.269. The van der Waals surface area contributed by atoms with E-state index in [1.807, 2.05) is 26.8 Å². The molecule has 2 aliphatic heterocycles. The van der Waals surface area contributed by atoms with Gasteiger partial charge in [0.1, 0.15) is 34.9 Å². The van der Waals surface area contributed by atoms with Crippen LogP contribution in [0.2, 0.25) is 0 Å². The topological polar surface area (TPSA) is 116 Å². The first-order valence-corrected chi connectivity index (χ1v) is 10.7. The highest BCUT2D eigenvalue weighted by Gasteiger charge is 2.46. The minimum atomic E-state index is -0.769. The zero-order valence-electron chi connectivity index (χ0n) is 18.3. The van der Waals surface area contributed by atoms with Crippen molar-refractivity contribution in [1.82, 2.24) is 0 Å². The predicted molar refractivity (Wildman–Crippen MR) is 117 cm³/mol. The van der Waals surface area contributed by atoms with E-state index >= 15 is 0 Å². The first-order chi connectivity index (χ1) is 15.6. The van der Waals surface area contributed by atoms with Crippen LogP contribution >= 0.6 is 0 Å². The van der Waals surface area contributed by atoms with Crippen LogP contribution in [-0.2, 0) is 16.6 Å². The van der Waals surface area contributed by atoms with Gasteiger partial charge in [0.15, 0.2) is 0 Å². The average molecular weight is 446 g/mol. The highest BCUT2D eigenvalue weighted by molar-refractivity contribution is 6.16. The Kier molecular flexibility index (Phi) is 3.75. The largest absolute Gasteiger partial charge is 0.508 e. The lowest BCUT2D eigenvalue weighted by atomic mass is 9.66. The van der Waals surface area contributed by atoms with Gasteiger partial charge in [-0.3, -0.25) is 4.79 Å². The highest BCUT2D eigenvalue weighted by Crippen LogP contribution is 2.54. The number of rotatable bonds is 0.